The average Bonchev–Trinajstić information content (AvgIpc) is 3.35. The van der Waals surface area contributed by atoms with E-state index in [9.17, 15) is 4.79 Å². The molecule has 1 amide bonds. The lowest BCUT2D eigenvalue weighted by Crippen LogP contribution is -2.46. The number of aryl methyl sites for hydroxylation is 2. The van der Waals surface area contributed by atoms with E-state index < -0.39 is 0 Å². The Kier molecular flexibility index (Phi) is 5.81. The molecule has 0 bridgehead atoms. The molecular weight excluding hydrogens is 481 g/mol. The van der Waals surface area contributed by atoms with Crippen LogP contribution in [0.15, 0.2) is 12.3 Å². The normalized spacial score (nSPS) is 25.9. The van der Waals surface area contributed by atoms with Gasteiger partial charge in [0.15, 0.2) is 11.6 Å². The van der Waals surface area contributed by atoms with Gasteiger partial charge in [0.2, 0.25) is 0 Å². The number of halogens is 1. The first kappa shape index (κ1) is 23.5. The first-order valence-corrected chi connectivity index (χ1v) is 13.2. The molecule has 11 heteroatoms. The maximum Gasteiger partial charge on any atom is 0.263 e. The third-order valence-electron chi connectivity index (χ3n) is 7.83. The van der Waals surface area contributed by atoms with Gasteiger partial charge in [-0.25, -0.2) is 19.3 Å². The van der Waals surface area contributed by atoms with E-state index in [1.807, 2.05) is 4.90 Å². The van der Waals surface area contributed by atoms with Crippen molar-refractivity contribution in [1.29, 1.82) is 0 Å². The maximum absolute atomic E-state index is 15.3. The molecule has 3 aliphatic rings. The van der Waals surface area contributed by atoms with Crippen molar-refractivity contribution in [3.8, 4) is 0 Å². The second kappa shape index (κ2) is 8.89. The van der Waals surface area contributed by atoms with Crippen LogP contribution in [-0.4, -0.2) is 59.2 Å². The summed E-state index contributed by atoms with van der Waals surface area (Å²) in [5.74, 6) is 0.428. The Morgan fingerprint density at radius 1 is 1.39 bits per heavy atom. The highest BCUT2D eigenvalue weighted by Gasteiger charge is 2.47. The van der Waals surface area contributed by atoms with E-state index in [4.69, 9.17) is 21.2 Å². The topological polar surface area (TPSA) is 132 Å². The minimum absolute atomic E-state index is 0.0640. The minimum atomic E-state index is -0.343. The van der Waals surface area contributed by atoms with Crippen molar-refractivity contribution in [2.24, 2.45) is 11.1 Å². The zero-order valence-electron chi connectivity index (χ0n) is 20.2. The number of nitrogens with zero attached hydrogens (tertiary/aromatic N) is 4. The molecular formula is C25H30FN7O2S. The van der Waals surface area contributed by atoms with Crippen molar-refractivity contribution in [2.75, 3.05) is 36.9 Å². The number of hydrogen-bond donors (Lipinski definition) is 3. The molecule has 3 aromatic heterocycles. The van der Waals surface area contributed by atoms with Gasteiger partial charge in [-0.2, -0.15) is 0 Å². The van der Waals surface area contributed by atoms with E-state index in [1.54, 1.807) is 19.2 Å². The van der Waals surface area contributed by atoms with Crippen LogP contribution in [0.25, 0.3) is 10.2 Å². The van der Waals surface area contributed by atoms with Crippen LogP contribution in [0.1, 0.15) is 46.0 Å². The number of carbonyl (C=O) groups is 1. The predicted molar refractivity (Wildman–Crippen MR) is 137 cm³/mol. The molecule has 2 aliphatic heterocycles. The van der Waals surface area contributed by atoms with Crippen LogP contribution in [0, 0.1) is 18.2 Å². The quantitative estimate of drug-likeness (QED) is 0.488. The molecule has 0 radical (unpaired) electrons. The van der Waals surface area contributed by atoms with Crippen LogP contribution in [0.3, 0.4) is 0 Å². The summed E-state index contributed by atoms with van der Waals surface area (Å²) in [4.78, 5) is 29.4. The molecule has 6 rings (SSSR count). The number of carbonyl (C=O) groups excluding carboxylic acids is 1. The van der Waals surface area contributed by atoms with Crippen LogP contribution in [0.2, 0.25) is 0 Å². The Balaban J connectivity index is 1.17. The van der Waals surface area contributed by atoms with Gasteiger partial charge in [0.1, 0.15) is 15.5 Å². The summed E-state index contributed by atoms with van der Waals surface area (Å²) in [6.45, 7) is 4.42. The zero-order chi connectivity index (χ0) is 25.0. The third-order valence-corrected chi connectivity index (χ3v) is 8.95. The van der Waals surface area contributed by atoms with Gasteiger partial charge in [0.25, 0.3) is 5.91 Å². The highest BCUT2D eigenvalue weighted by Crippen LogP contribution is 2.40. The molecule has 1 aliphatic carbocycles. The highest BCUT2D eigenvalue weighted by molar-refractivity contribution is 7.21. The standard InChI is InChI=1S/C25H30FN7O2S/c1-13-29-9-16-20(28)21(36-24(16)30-13)23(34)31-15-3-4-18-14(7-15)8-17(26)22(32-18)33-10-19(27)25(11-33)5-2-6-35-12-25/h8-9,15,19H,2-7,10-12,27-28H2,1H3,(H,31,34). The fraction of sp³-hybridized carbons (Fsp3) is 0.520. The molecule has 36 heavy (non-hydrogen) atoms. The number of fused-ring (bicyclic) bond motifs is 2. The maximum atomic E-state index is 15.3. The second-order valence-corrected chi connectivity index (χ2v) is 11.3. The van der Waals surface area contributed by atoms with Gasteiger partial charge < -0.3 is 26.4 Å². The van der Waals surface area contributed by atoms with Crippen LogP contribution >= 0.6 is 11.3 Å². The Bertz CT molecular complexity index is 1340. The largest absolute Gasteiger partial charge is 0.397 e. The fourth-order valence-electron chi connectivity index (χ4n) is 5.82. The van der Waals surface area contributed by atoms with Gasteiger partial charge in [-0.05, 0) is 50.7 Å². The molecule has 1 spiro atoms. The molecule has 5 heterocycles. The van der Waals surface area contributed by atoms with E-state index in [2.05, 4.69) is 15.3 Å². The van der Waals surface area contributed by atoms with E-state index in [0.29, 0.717) is 65.0 Å². The number of nitrogens with one attached hydrogen (secondary N) is 1. The van der Waals surface area contributed by atoms with Crippen molar-refractivity contribution in [3.63, 3.8) is 0 Å². The highest BCUT2D eigenvalue weighted by atomic mass is 32.1. The number of hydrogen-bond acceptors (Lipinski definition) is 9. The van der Waals surface area contributed by atoms with Gasteiger partial charge >= 0.3 is 0 Å². The lowest BCUT2D eigenvalue weighted by Gasteiger charge is -2.36. The van der Waals surface area contributed by atoms with Crippen LogP contribution in [0.5, 0.6) is 0 Å². The van der Waals surface area contributed by atoms with Crippen molar-refractivity contribution < 1.29 is 13.9 Å². The summed E-state index contributed by atoms with van der Waals surface area (Å²) in [7, 11) is 0. The molecule has 190 valence electrons. The third kappa shape index (κ3) is 3.99. The molecule has 2 fully saturated rings. The van der Waals surface area contributed by atoms with Crippen molar-refractivity contribution in [1.82, 2.24) is 20.3 Å². The number of nitrogens with two attached hydrogens (primary N) is 2. The van der Waals surface area contributed by atoms with E-state index in [-0.39, 0.29) is 29.2 Å². The molecule has 5 N–H and O–H groups in total. The number of rotatable bonds is 3. The second-order valence-electron chi connectivity index (χ2n) is 10.3. The summed E-state index contributed by atoms with van der Waals surface area (Å²) in [6, 6.07) is 1.39. The molecule has 0 saturated carbocycles. The Morgan fingerprint density at radius 3 is 3.06 bits per heavy atom. The molecule has 3 aromatic rings. The first-order valence-electron chi connectivity index (χ1n) is 12.4. The number of pyridine rings is 1. The summed E-state index contributed by atoms with van der Waals surface area (Å²) >= 11 is 1.26. The van der Waals surface area contributed by atoms with E-state index in [1.165, 1.54) is 11.3 Å². The summed E-state index contributed by atoms with van der Waals surface area (Å²) < 4.78 is 21.0. The minimum Gasteiger partial charge on any atom is -0.397 e. The molecule has 3 unspecified atom stereocenters. The summed E-state index contributed by atoms with van der Waals surface area (Å²) in [5, 5.41) is 3.77. The number of ether oxygens (including phenoxy) is 1. The fourth-order valence-corrected chi connectivity index (χ4v) is 6.84. The van der Waals surface area contributed by atoms with Gasteiger partial charge in [-0.3, -0.25) is 4.79 Å². The Morgan fingerprint density at radius 2 is 2.25 bits per heavy atom. The molecule has 0 aromatic carbocycles. The van der Waals surface area contributed by atoms with Crippen LogP contribution < -0.4 is 21.7 Å². The Hall–Kier alpha value is -2.89. The summed E-state index contributed by atoms with van der Waals surface area (Å²) in [6.07, 6.45) is 5.53. The number of thiophene rings is 1. The van der Waals surface area contributed by atoms with Crippen LogP contribution in [0.4, 0.5) is 15.9 Å². The monoisotopic (exact) mass is 511 g/mol. The van der Waals surface area contributed by atoms with Crippen molar-refractivity contribution in [3.05, 3.63) is 40.0 Å². The van der Waals surface area contributed by atoms with Crippen LogP contribution in [-0.2, 0) is 17.6 Å². The number of anilines is 2. The van der Waals surface area contributed by atoms with Gasteiger partial charge in [-0.1, -0.05) is 0 Å². The lowest BCUT2D eigenvalue weighted by molar-refractivity contribution is -0.00346. The van der Waals surface area contributed by atoms with Gasteiger partial charge in [-0.15, -0.1) is 11.3 Å². The summed E-state index contributed by atoms with van der Waals surface area (Å²) in [5.41, 5.74) is 14.7. The van der Waals surface area contributed by atoms with Gasteiger partial charge in [0, 0.05) is 49.1 Å². The number of aromatic nitrogens is 3. The molecule has 3 atom stereocenters. The Labute approximate surface area is 212 Å². The SMILES string of the molecule is Cc1ncc2c(N)c(C(=O)NC3CCc4nc(N5CC(N)C6(CCCOC6)C5)c(F)cc4C3)sc2n1. The number of nitrogen functional groups attached to an aromatic ring is 1. The van der Waals surface area contributed by atoms with Crippen molar-refractivity contribution >= 4 is 39.0 Å². The average molecular weight is 512 g/mol. The van der Waals surface area contributed by atoms with E-state index >= 15 is 4.39 Å². The lowest BCUT2D eigenvalue weighted by atomic mass is 9.79. The van der Waals surface area contributed by atoms with Gasteiger partial charge in [0.05, 0.1) is 17.7 Å². The number of amides is 1. The first-order chi connectivity index (χ1) is 17.3. The molecule has 9 nitrogen and oxygen atoms in total. The zero-order valence-corrected chi connectivity index (χ0v) is 21.0. The van der Waals surface area contributed by atoms with Crippen molar-refractivity contribution in [2.45, 2.75) is 51.1 Å². The van der Waals surface area contributed by atoms with E-state index in [0.717, 1.165) is 37.1 Å². The smallest absolute Gasteiger partial charge is 0.263 e. The molecule has 2 saturated heterocycles. The predicted octanol–water partition coefficient (Wildman–Crippen LogP) is 2.35.